The fraction of sp³-hybridized carbons (Fsp3) is 0.429. The van der Waals surface area contributed by atoms with Gasteiger partial charge in [0.25, 0.3) is 0 Å². The van der Waals surface area contributed by atoms with Crippen LogP contribution in [0.1, 0.15) is 24.8 Å². The Morgan fingerprint density at radius 1 is 1.28 bits per heavy atom. The zero-order valence-electron chi connectivity index (χ0n) is 10.1. The second kappa shape index (κ2) is 4.35. The molecule has 1 aromatic rings. The van der Waals surface area contributed by atoms with Crippen LogP contribution in [-0.2, 0) is 4.79 Å². The van der Waals surface area contributed by atoms with E-state index in [0.717, 1.165) is 35.9 Å². The van der Waals surface area contributed by atoms with E-state index in [4.69, 9.17) is 18.0 Å². The molecule has 2 unspecified atom stereocenters. The first kappa shape index (κ1) is 11.7. The van der Waals surface area contributed by atoms with Gasteiger partial charge in [-0.3, -0.25) is 4.79 Å². The number of hydrogen-bond acceptors (Lipinski definition) is 2. The van der Waals surface area contributed by atoms with Crippen LogP contribution in [0.2, 0.25) is 0 Å². The average molecular weight is 260 g/mol. The highest BCUT2D eigenvalue weighted by Crippen LogP contribution is 2.54. The molecule has 4 heteroatoms. The van der Waals surface area contributed by atoms with E-state index in [1.807, 2.05) is 24.3 Å². The number of rotatable bonds is 3. The van der Waals surface area contributed by atoms with E-state index < -0.39 is 0 Å². The molecule has 0 spiro atoms. The smallest absolute Gasteiger partial charge is 0.227 e. The largest absolute Gasteiger partial charge is 0.389 e. The molecule has 0 aliphatic heterocycles. The number of fused-ring (bicyclic) bond motifs is 1. The van der Waals surface area contributed by atoms with Crippen molar-refractivity contribution in [2.45, 2.75) is 19.3 Å². The Labute approximate surface area is 112 Å². The van der Waals surface area contributed by atoms with Gasteiger partial charge in [0.1, 0.15) is 4.99 Å². The van der Waals surface area contributed by atoms with Gasteiger partial charge in [-0.1, -0.05) is 24.4 Å². The summed E-state index contributed by atoms with van der Waals surface area (Å²) in [6.07, 6.45) is 3.46. The minimum atomic E-state index is 0.141. The van der Waals surface area contributed by atoms with E-state index in [1.54, 1.807) is 0 Å². The Kier molecular flexibility index (Phi) is 2.82. The number of benzene rings is 1. The van der Waals surface area contributed by atoms with Crippen molar-refractivity contribution in [1.29, 1.82) is 0 Å². The van der Waals surface area contributed by atoms with Gasteiger partial charge in [-0.05, 0) is 43.2 Å². The highest BCUT2D eigenvalue weighted by atomic mass is 32.1. The van der Waals surface area contributed by atoms with Gasteiger partial charge >= 0.3 is 0 Å². The summed E-state index contributed by atoms with van der Waals surface area (Å²) < 4.78 is 0. The maximum atomic E-state index is 12.1. The third-order valence-electron chi connectivity index (χ3n) is 4.03. The Balaban J connectivity index is 1.66. The summed E-state index contributed by atoms with van der Waals surface area (Å²) >= 11 is 4.93. The molecule has 0 aromatic heterocycles. The lowest BCUT2D eigenvalue weighted by atomic mass is 10.0. The first-order valence-corrected chi connectivity index (χ1v) is 6.75. The van der Waals surface area contributed by atoms with Crippen molar-refractivity contribution >= 4 is 28.8 Å². The number of amides is 1. The van der Waals surface area contributed by atoms with Gasteiger partial charge in [0.15, 0.2) is 0 Å². The Hall–Kier alpha value is -1.42. The van der Waals surface area contributed by atoms with Crippen LogP contribution < -0.4 is 11.1 Å². The number of nitrogens with two attached hydrogens (primary N) is 1. The monoisotopic (exact) mass is 260 g/mol. The minimum absolute atomic E-state index is 0.141. The molecule has 18 heavy (non-hydrogen) atoms. The van der Waals surface area contributed by atoms with Crippen molar-refractivity contribution in [3.8, 4) is 0 Å². The lowest BCUT2D eigenvalue weighted by Gasteiger charge is -2.12. The molecule has 0 bridgehead atoms. The minimum Gasteiger partial charge on any atom is -0.389 e. The average Bonchev–Trinajstić information content (AvgIpc) is 2.96. The predicted molar refractivity (Wildman–Crippen MR) is 75.3 cm³/mol. The molecule has 94 valence electrons. The van der Waals surface area contributed by atoms with Crippen molar-refractivity contribution in [2.24, 2.45) is 23.5 Å². The summed E-state index contributed by atoms with van der Waals surface area (Å²) in [5, 5.41) is 2.97. The predicted octanol–water partition coefficient (Wildman–Crippen LogP) is 2.31. The summed E-state index contributed by atoms with van der Waals surface area (Å²) in [6, 6.07) is 7.41. The summed E-state index contributed by atoms with van der Waals surface area (Å²) in [6.45, 7) is 0. The molecule has 2 aliphatic rings. The van der Waals surface area contributed by atoms with Gasteiger partial charge in [0.05, 0.1) is 0 Å². The summed E-state index contributed by atoms with van der Waals surface area (Å²) in [5.74, 6) is 1.98. The molecule has 0 radical (unpaired) electrons. The second-order valence-electron chi connectivity index (χ2n) is 5.36. The van der Waals surface area contributed by atoms with Crippen molar-refractivity contribution in [1.82, 2.24) is 0 Å². The van der Waals surface area contributed by atoms with Crippen LogP contribution in [-0.4, -0.2) is 10.9 Å². The van der Waals surface area contributed by atoms with E-state index in [9.17, 15) is 4.79 Å². The fourth-order valence-electron chi connectivity index (χ4n) is 2.92. The van der Waals surface area contributed by atoms with Gasteiger partial charge < -0.3 is 11.1 Å². The van der Waals surface area contributed by atoms with Crippen LogP contribution >= 0.6 is 12.2 Å². The number of nitrogens with one attached hydrogen (secondary N) is 1. The maximum absolute atomic E-state index is 12.1. The molecule has 2 atom stereocenters. The summed E-state index contributed by atoms with van der Waals surface area (Å²) in [5.41, 5.74) is 7.15. The first-order valence-electron chi connectivity index (χ1n) is 6.34. The first-order chi connectivity index (χ1) is 8.63. The van der Waals surface area contributed by atoms with Crippen LogP contribution in [0.4, 0.5) is 5.69 Å². The van der Waals surface area contributed by atoms with Gasteiger partial charge in [0.2, 0.25) is 5.91 Å². The third-order valence-corrected chi connectivity index (χ3v) is 4.26. The molecular formula is C14H16N2OS. The topological polar surface area (TPSA) is 55.1 Å². The molecule has 3 N–H and O–H groups in total. The zero-order chi connectivity index (χ0) is 12.7. The Morgan fingerprint density at radius 2 is 2.00 bits per heavy atom. The summed E-state index contributed by atoms with van der Waals surface area (Å²) in [7, 11) is 0. The lowest BCUT2D eigenvalue weighted by Crippen LogP contribution is -2.21. The number of carbonyl (C=O) groups excluding carboxylic acids is 1. The zero-order valence-corrected chi connectivity index (χ0v) is 10.9. The molecule has 2 saturated carbocycles. The maximum Gasteiger partial charge on any atom is 0.227 e. The molecular weight excluding hydrogens is 244 g/mol. The fourth-order valence-corrected chi connectivity index (χ4v) is 3.05. The number of carbonyl (C=O) groups is 1. The van der Waals surface area contributed by atoms with Gasteiger partial charge in [0, 0.05) is 17.2 Å². The van der Waals surface area contributed by atoms with Crippen LogP contribution in [0.25, 0.3) is 0 Å². The van der Waals surface area contributed by atoms with Gasteiger partial charge in [-0.25, -0.2) is 0 Å². The lowest BCUT2D eigenvalue weighted by molar-refractivity contribution is -0.120. The molecule has 2 fully saturated rings. The van der Waals surface area contributed by atoms with E-state index in [2.05, 4.69) is 5.32 Å². The van der Waals surface area contributed by atoms with E-state index in [1.165, 1.54) is 6.42 Å². The van der Waals surface area contributed by atoms with E-state index in [0.29, 0.717) is 4.99 Å². The quantitative estimate of drug-likeness (QED) is 0.820. The van der Waals surface area contributed by atoms with E-state index >= 15 is 0 Å². The Bertz CT molecular complexity index is 504. The molecule has 0 saturated heterocycles. The number of thiocarbonyl (C=S) groups is 1. The van der Waals surface area contributed by atoms with Crippen molar-refractivity contribution in [2.75, 3.05) is 5.32 Å². The van der Waals surface area contributed by atoms with Gasteiger partial charge in [-0.15, -0.1) is 0 Å². The standard InChI is InChI=1S/C14H16N2OS/c15-13(18)8-2-1-3-12(7-8)16-14(17)11-5-9-4-10(9)6-11/h1-3,7,9-11H,4-6H2,(H2,15,18)(H,16,17). The van der Waals surface area contributed by atoms with Crippen molar-refractivity contribution in [3.63, 3.8) is 0 Å². The molecule has 2 aliphatic carbocycles. The SMILES string of the molecule is NC(=S)c1cccc(NC(=O)C2CC3CC3C2)c1. The molecule has 3 nitrogen and oxygen atoms in total. The van der Waals surface area contributed by atoms with Crippen molar-refractivity contribution < 1.29 is 4.79 Å². The molecule has 0 heterocycles. The third kappa shape index (κ3) is 2.25. The van der Waals surface area contributed by atoms with Crippen LogP contribution in [0.15, 0.2) is 24.3 Å². The van der Waals surface area contributed by atoms with Crippen LogP contribution in [0.5, 0.6) is 0 Å². The van der Waals surface area contributed by atoms with E-state index in [-0.39, 0.29) is 11.8 Å². The highest BCUT2D eigenvalue weighted by molar-refractivity contribution is 7.80. The second-order valence-corrected chi connectivity index (χ2v) is 5.80. The normalized spacial score (nSPS) is 28.6. The number of hydrogen-bond donors (Lipinski definition) is 2. The van der Waals surface area contributed by atoms with Gasteiger partial charge in [-0.2, -0.15) is 0 Å². The molecule has 1 aromatic carbocycles. The summed E-state index contributed by atoms with van der Waals surface area (Å²) in [4.78, 5) is 12.4. The molecule has 3 rings (SSSR count). The van der Waals surface area contributed by atoms with Crippen molar-refractivity contribution in [3.05, 3.63) is 29.8 Å². The van der Waals surface area contributed by atoms with Crippen LogP contribution in [0.3, 0.4) is 0 Å². The molecule has 1 amide bonds. The van der Waals surface area contributed by atoms with Crippen LogP contribution in [0, 0.1) is 17.8 Å². The highest BCUT2D eigenvalue weighted by Gasteiger charge is 2.47. The Morgan fingerprint density at radius 3 is 2.67 bits per heavy atom. The number of anilines is 1.